The first-order valence-electron chi connectivity index (χ1n) is 6.79. The van der Waals surface area contributed by atoms with Gasteiger partial charge in [-0.3, -0.25) is 4.98 Å². The molecule has 0 amide bonds. The van der Waals surface area contributed by atoms with E-state index in [2.05, 4.69) is 10.3 Å². The van der Waals surface area contributed by atoms with Gasteiger partial charge in [-0.2, -0.15) is 0 Å². The van der Waals surface area contributed by atoms with Gasteiger partial charge in [0.15, 0.2) is 0 Å². The van der Waals surface area contributed by atoms with Gasteiger partial charge in [0.1, 0.15) is 11.6 Å². The van der Waals surface area contributed by atoms with Crippen molar-refractivity contribution in [1.82, 2.24) is 10.3 Å². The first-order chi connectivity index (χ1) is 10.0. The minimum Gasteiger partial charge on any atom is -0.506 e. The van der Waals surface area contributed by atoms with Gasteiger partial charge in [0, 0.05) is 35.5 Å². The van der Waals surface area contributed by atoms with Crippen LogP contribution in [-0.2, 0) is 13.2 Å². The van der Waals surface area contributed by atoms with Crippen LogP contribution in [0.15, 0.2) is 30.5 Å². The smallest absolute Gasteiger partial charge is 0.141 e. The SMILES string of the molecule is Cc1ncc(CO)c(CN[C@H](C)c2ccccc2F)c1O. The lowest BCUT2D eigenvalue weighted by atomic mass is 10.1. The number of rotatable bonds is 5. The summed E-state index contributed by atoms with van der Waals surface area (Å²) in [7, 11) is 0. The number of aromatic hydroxyl groups is 1. The highest BCUT2D eigenvalue weighted by molar-refractivity contribution is 5.40. The number of nitrogens with one attached hydrogen (secondary N) is 1. The van der Waals surface area contributed by atoms with Crippen molar-refractivity contribution in [1.29, 1.82) is 0 Å². The van der Waals surface area contributed by atoms with Crippen LogP contribution in [0.4, 0.5) is 4.39 Å². The number of halogens is 1. The summed E-state index contributed by atoms with van der Waals surface area (Å²) in [5.74, 6) is -0.204. The summed E-state index contributed by atoms with van der Waals surface area (Å²) < 4.78 is 13.7. The Hall–Kier alpha value is -1.98. The van der Waals surface area contributed by atoms with E-state index in [1.165, 1.54) is 6.07 Å². The van der Waals surface area contributed by atoms with E-state index < -0.39 is 0 Å². The Balaban J connectivity index is 2.17. The third-order valence-corrected chi connectivity index (χ3v) is 3.56. The maximum Gasteiger partial charge on any atom is 0.141 e. The molecule has 0 aliphatic carbocycles. The minimum atomic E-state index is -0.269. The second-order valence-electron chi connectivity index (χ2n) is 4.98. The summed E-state index contributed by atoms with van der Waals surface area (Å²) in [6.45, 7) is 3.66. The second kappa shape index (κ2) is 6.65. The summed E-state index contributed by atoms with van der Waals surface area (Å²) in [5.41, 5.74) is 2.22. The molecule has 0 saturated heterocycles. The fourth-order valence-corrected chi connectivity index (χ4v) is 2.21. The summed E-state index contributed by atoms with van der Waals surface area (Å²) in [5, 5.41) is 22.5. The zero-order chi connectivity index (χ0) is 15.4. The number of pyridine rings is 1. The Morgan fingerprint density at radius 1 is 1.33 bits per heavy atom. The predicted molar refractivity (Wildman–Crippen MR) is 78.2 cm³/mol. The van der Waals surface area contributed by atoms with Crippen LogP contribution in [0.25, 0.3) is 0 Å². The third kappa shape index (κ3) is 3.37. The molecule has 1 heterocycles. The molecule has 1 aromatic carbocycles. The number of hydrogen-bond donors (Lipinski definition) is 3. The molecule has 5 heteroatoms. The van der Waals surface area contributed by atoms with Gasteiger partial charge in [-0.15, -0.1) is 0 Å². The highest BCUT2D eigenvalue weighted by atomic mass is 19.1. The van der Waals surface area contributed by atoms with E-state index in [9.17, 15) is 14.6 Å². The van der Waals surface area contributed by atoms with Gasteiger partial charge in [-0.05, 0) is 19.9 Å². The van der Waals surface area contributed by atoms with Crippen molar-refractivity contribution in [3.05, 3.63) is 58.7 Å². The van der Waals surface area contributed by atoms with Crippen LogP contribution in [-0.4, -0.2) is 15.2 Å². The van der Waals surface area contributed by atoms with Crippen LogP contribution in [0.5, 0.6) is 5.75 Å². The van der Waals surface area contributed by atoms with Crippen molar-refractivity contribution in [2.75, 3.05) is 0 Å². The molecule has 2 aromatic rings. The maximum atomic E-state index is 13.7. The van der Waals surface area contributed by atoms with Gasteiger partial charge in [-0.1, -0.05) is 18.2 Å². The minimum absolute atomic E-state index is 0.0646. The number of nitrogens with zero attached hydrogens (tertiary/aromatic N) is 1. The Morgan fingerprint density at radius 2 is 2.05 bits per heavy atom. The molecule has 0 fully saturated rings. The topological polar surface area (TPSA) is 65.4 Å². The molecular weight excluding hydrogens is 271 g/mol. The number of aliphatic hydroxyl groups excluding tert-OH is 1. The van der Waals surface area contributed by atoms with Crippen LogP contribution in [0.3, 0.4) is 0 Å². The summed E-state index contributed by atoms with van der Waals surface area (Å²) in [6, 6.07) is 6.35. The molecule has 2 rings (SSSR count). The summed E-state index contributed by atoms with van der Waals surface area (Å²) in [6.07, 6.45) is 1.54. The molecule has 4 nitrogen and oxygen atoms in total. The largest absolute Gasteiger partial charge is 0.506 e. The van der Waals surface area contributed by atoms with Gasteiger partial charge in [0.25, 0.3) is 0 Å². The van der Waals surface area contributed by atoms with Crippen molar-refractivity contribution in [3.8, 4) is 5.75 Å². The van der Waals surface area contributed by atoms with E-state index in [1.54, 1.807) is 31.3 Å². The van der Waals surface area contributed by atoms with Gasteiger partial charge in [0.05, 0.1) is 12.3 Å². The maximum absolute atomic E-state index is 13.7. The second-order valence-corrected chi connectivity index (χ2v) is 4.98. The zero-order valence-electron chi connectivity index (χ0n) is 12.1. The van der Waals surface area contributed by atoms with Crippen molar-refractivity contribution in [3.63, 3.8) is 0 Å². The standard InChI is InChI=1S/C16H19FN2O2/c1-10(13-5-3-4-6-15(13)17)19-8-14-12(9-20)7-18-11(2)16(14)21/h3-7,10,19-21H,8-9H2,1-2H3/t10-/m1/s1. The highest BCUT2D eigenvalue weighted by Gasteiger charge is 2.14. The quantitative estimate of drug-likeness (QED) is 0.792. The number of aromatic nitrogens is 1. The normalized spacial score (nSPS) is 12.4. The number of aryl methyl sites for hydroxylation is 1. The summed E-state index contributed by atoms with van der Waals surface area (Å²) in [4.78, 5) is 4.01. The van der Waals surface area contributed by atoms with Crippen molar-refractivity contribution >= 4 is 0 Å². The fourth-order valence-electron chi connectivity index (χ4n) is 2.21. The lowest BCUT2D eigenvalue weighted by Crippen LogP contribution is -2.20. The lowest BCUT2D eigenvalue weighted by Gasteiger charge is -2.17. The van der Waals surface area contributed by atoms with Crippen LogP contribution in [0.2, 0.25) is 0 Å². The molecule has 0 bridgehead atoms. The molecule has 0 saturated carbocycles. The molecule has 0 aliphatic heterocycles. The average molecular weight is 290 g/mol. The molecule has 0 unspecified atom stereocenters. The Bertz CT molecular complexity index is 632. The molecule has 0 aliphatic rings. The van der Waals surface area contributed by atoms with Gasteiger partial charge in [0.2, 0.25) is 0 Å². The van der Waals surface area contributed by atoms with E-state index >= 15 is 0 Å². The fraction of sp³-hybridized carbons (Fsp3) is 0.312. The first kappa shape index (κ1) is 15.4. The van der Waals surface area contributed by atoms with Crippen LogP contribution in [0, 0.1) is 12.7 Å². The number of hydrogen-bond acceptors (Lipinski definition) is 4. The highest BCUT2D eigenvalue weighted by Crippen LogP contribution is 2.25. The van der Waals surface area contributed by atoms with E-state index in [0.717, 1.165) is 0 Å². The average Bonchev–Trinajstić information content (AvgIpc) is 2.49. The molecule has 1 aromatic heterocycles. The van der Waals surface area contributed by atoms with E-state index in [0.29, 0.717) is 28.9 Å². The molecular formula is C16H19FN2O2. The molecule has 3 N–H and O–H groups in total. The third-order valence-electron chi connectivity index (χ3n) is 3.56. The Morgan fingerprint density at radius 3 is 2.71 bits per heavy atom. The van der Waals surface area contributed by atoms with E-state index in [-0.39, 0.29) is 24.2 Å². The van der Waals surface area contributed by atoms with E-state index in [4.69, 9.17) is 0 Å². The van der Waals surface area contributed by atoms with Gasteiger partial charge in [-0.25, -0.2) is 4.39 Å². The van der Waals surface area contributed by atoms with Crippen molar-refractivity contribution in [2.45, 2.75) is 33.0 Å². The first-order valence-corrected chi connectivity index (χ1v) is 6.79. The zero-order valence-corrected chi connectivity index (χ0v) is 12.1. The number of benzene rings is 1. The van der Waals surface area contributed by atoms with Crippen LogP contribution >= 0.6 is 0 Å². The van der Waals surface area contributed by atoms with Crippen LogP contribution in [0.1, 0.15) is 35.3 Å². The molecule has 1 atom stereocenters. The molecule has 112 valence electrons. The van der Waals surface area contributed by atoms with Crippen molar-refractivity contribution < 1.29 is 14.6 Å². The van der Waals surface area contributed by atoms with Crippen molar-refractivity contribution in [2.24, 2.45) is 0 Å². The molecule has 21 heavy (non-hydrogen) atoms. The Kier molecular flexibility index (Phi) is 4.88. The van der Waals surface area contributed by atoms with Gasteiger partial charge < -0.3 is 15.5 Å². The predicted octanol–water partition coefficient (Wildman–Crippen LogP) is 2.58. The number of aliphatic hydroxyl groups is 1. The Labute approximate surface area is 123 Å². The van der Waals surface area contributed by atoms with E-state index in [1.807, 2.05) is 6.92 Å². The monoisotopic (exact) mass is 290 g/mol. The molecule has 0 spiro atoms. The molecule has 0 radical (unpaired) electrons. The lowest BCUT2D eigenvalue weighted by molar-refractivity contribution is 0.278. The summed E-state index contributed by atoms with van der Waals surface area (Å²) >= 11 is 0. The van der Waals surface area contributed by atoms with Gasteiger partial charge >= 0.3 is 0 Å². The van der Waals surface area contributed by atoms with Crippen LogP contribution < -0.4 is 5.32 Å².